The predicted octanol–water partition coefficient (Wildman–Crippen LogP) is 0.937. The lowest BCUT2D eigenvalue weighted by molar-refractivity contribution is -0.119. The van der Waals surface area contributed by atoms with Crippen molar-refractivity contribution in [3.05, 3.63) is 20.8 Å². The smallest absolute Gasteiger partial charge is 0.234 e. The molecule has 1 rings (SSSR count). The molecule has 0 fully saturated rings. The number of hydrogen-bond acceptors (Lipinski definition) is 3. The van der Waals surface area contributed by atoms with E-state index in [2.05, 4.69) is 33.1 Å². The number of hydrogen-bond donors (Lipinski definition) is 2. The fourth-order valence-corrected chi connectivity index (χ4v) is 2.06. The molecule has 0 atom stereocenters. The molecule has 0 aromatic carbocycles. The van der Waals surface area contributed by atoms with E-state index < -0.39 is 0 Å². The summed E-state index contributed by atoms with van der Waals surface area (Å²) in [7, 11) is 0. The maximum Gasteiger partial charge on any atom is 0.234 e. The van der Waals surface area contributed by atoms with Crippen molar-refractivity contribution in [2.45, 2.75) is 0 Å². The molecule has 0 aliphatic rings. The maximum absolute atomic E-state index is 10.7. The van der Waals surface area contributed by atoms with Crippen LogP contribution in [0.3, 0.4) is 0 Å². The minimum Gasteiger partial charge on any atom is -0.344 e. The van der Waals surface area contributed by atoms with Gasteiger partial charge in [0, 0.05) is 4.47 Å². The molecule has 1 heterocycles. The highest BCUT2D eigenvalue weighted by Gasteiger charge is 1.95. The van der Waals surface area contributed by atoms with Crippen molar-refractivity contribution in [1.29, 1.82) is 0 Å². The lowest BCUT2D eigenvalue weighted by Gasteiger charge is -1.94. The van der Waals surface area contributed by atoms with Gasteiger partial charge in [0.1, 0.15) is 0 Å². The van der Waals surface area contributed by atoms with Crippen LogP contribution in [0.2, 0.25) is 0 Å². The van der Waals surface area contributed by atoms with E-state index in [0.717, 1.165) is 9.35 Å². The van der Waals surface area contributed by atoms with Crippen LogP contribution in [0.4, 0.5) is 0 Å². The van der Waals surface area contributed by atoms with Crippen LogP contribution in [0.15, 0.2) is 15.9 Å². The molecule has 5 heteroatoms. The van der Waals surface area contributed by atoms with Crippen molar-refractivity contribution in [2.75, 3.05) is 13.1 Å². The van der Waals surface area contributed by atoms with Gasteiger partial charge in [-0.2, -0.15) is 0 Å². The Morgan fingerprint density at radius 3 is 3.07 bits per heavy atom. The van der Waals surface area contributed by atoms with Crippen molar-refractivity contribution in [3.8, 4) is 11.8 Å². The first-order valence-electron chi connectivity index (χ1n) is 3.92. The minimum absolute atomic E-state index is 0.00434. The van der Waals surface area contributed by atoms with Crippen molar-refractivity contribution in [1.82, 2.24) is 5.32 Å². The van der Waals surface area contributed by atoms with Crippen LogP contribution in [0.5, 0.6) is 0 Å². The first-order chi connectivity index (χ1) is 6.74. The summed E-state index contributed by atoms with van der Waals surface area (Å²) in [6.07, 6.45) is 0. The molecule has 0 spiro atoms. The van der Waals surface area contributed by atoms with Crippen LogP contribution >= 0.6 is 27.3 Å². The topological polar surface area (TPSA) is 55.1 Å². The fourth-order valence-electron chi connectivity index (χ4n) is 0.722. The molecule has 1 aromatic rings. The van der Waals surface area contributed by atoms with E-state index in [4.69, 9.17) is 5.73 Å². The van der Waals surface area contributed by atoms with Gasteiger partial charge in [0.05, 0.1) is 18.0 Å². The minimum atomic E-state index is -0.190. The number of halogens is 1. The molecule has 0 bridgehead atoms. The first-order valence-corrected chi connectivity index (χ1v) is 5.60. The van der Waals surface area contributed by atoms with E-state index >= 15 is 0 Å². The molecule has 3 N–H and O–H groups in total. The van der Waals surface area contributed by atoms with Crippen LogP contribution in [-0.4, -0.2) is 19.0 Å². The summed E-state index contributed by atoms with van der Waals surface area (Å²) in [6.45, 7) is 0.338. The van der Waals surface area contributed by atoms with Gasteiger partial charge < -0.3 is 11.1 Å². The number of carbonyl (C=O) groups is 1. The number of nitrogens with one attached hydrogen (secondary N) is 1. The van der Waals surface area contributed by atoms with Gasteiger partial charge in [-0.05, 0) is 27.4 Å². The molecule has 74 valence electrons. The summed E-state index contributed by atoms with van der Waals surface area (Å²) in [5.41, 5.74) is 5.11. The summed E-state index contributed by atoms with van der Waals surface area (Å²) < 4.78 is 0.986. The van der Waals surface area contributed by atoms with Gasteiger partial charge in [-0.1, -0.05) is 11.8 Å². The normalized spacial score (nSPS) is 9.00. The second-order valence-corrected chi connectivity index (χ2v) is 4.15. The van der Waals surface area contributed by atoms with Gasteiger partial charge in [-0.3, -0.25) is 4.79 Å². The Kier molecular flexibility index (Phi) is 4.66. The maximum atomic E-state index is 10.7. The number of carbonyl (C=O) groups excluding carboxylic acids is 1. The number of thiophene rings is 1. The van der Waals surface area contributed by atoms with Crippen LogP contribution < -0.4 is 11.1 Å². The highest BCUT2D eigenvalue weighted by Crippen LogP contribution is 2.20. The van der Waals surface area contributed by atoms with Crippen molar-refractivity contribution in [2.24, 2.45) is 5.73 Å². The molecule has 1 amide bonds. The molecule has 0 saturated heterocycles. The average molecular weight is 273 g/mol. The number of nitrogens with two attached hydrogens (primary N) is 1. The van der Waals surface area contributed by atoms with Crippen molar-refractivity contribution >= 4 is 33.2 Å². The molecule has 14 heavy (non-hydrogen) atoms. The standard InChI is InChI=1S/C9H9BrN2OS/c10-7-3-5-14-8(7)2-1-4-12-9(13)6-11/h3,5H,4,6,11H2,(H,12,13). The zero-order valence-corrected chi connectivity index (χ0v) is 9.74. The van der Waals surface area contributed by atoms with Crippen LogP contribution in [0, 0.1) is 11.8 Å². The van der Waals surface area contributed by atoms with Crippen molar-refractivity contribution in [3.63, 3.8) is 0 Å². The molecular formula is C9H9BrN2OS. The SMILES string of the molecule is NCC(=O)NCC#Cc1sccc1Br. The third-order valence-corrected chi connectivity index (χ3v) is 3.13. The zero-order valence-electron chi connectivity index (χ0n) is 7.34. The average Bonchev–Trinajstić information content (AvgIpc) is 2.58. The molecule has 0 aliphatic heterocycles. The van der Waals surface area contributed by atoms with E-state index in [1.165, 1.54) is 0 Å². The number of amides is 1. The highest BCUT2D eigenvalue weighted by molar-refractivity contribution is 9.10. The Labute approximate surface area is 94.8 Å². The quantitative estimate of drug-likeness (QED) is 0.788. The van der Waals surface area contributed by atoms with Crippen LogP contribution in [-0.2, 0) is 4.79 Å². The Hall–Kier alpha value is -0.830. The van der Waals surface area contributed by atoms with E-state index in [-0.39, 0.29) is 12.5 Å². The lowest BCUT2D eigenvalue weighted by Crippen LogP contribution is -2.30. The molecule has 3 nitrogen and oxygen atoms in total. The third kappa shape index (κ3) is 3.50. The summed E-state index contributed by atoms with van der Waals surface area (Å²) in [5.74, 6) is 5.59. The van der Waals surface area contributed by atoms with Crippen LogP contribution in [0.1, 0.15) is 4.88 Å². The monoisotopic (exact) mass is 272 g/mol. The van der Waals surface area contributed by atoms with Gasteiger partial charge in [0.15, 0.2) is 0 Å². The Bertz CT molecular complexity index is 378. The van der Waals surface area contributed by atoms with Gasteiger partial charge in [-0.25, -0.2) is 0 Å². The summed E-state index contributed by atoms with van der Waals surface area (Å²) in [4.78, 5) is 11.7. The fraction of sp³-hybridized carbons (Fsp3) is 0.222. The molecule has 1 aromatic heterocycles. The van der Waals surface area contributed by atoms with Gasteiger partial charge in [0.25, 0.3) is 0 Å². The van der Waals surface area contributed by atoms with E-state index in [0.29, 0.717) is 6.54 Å². The van der Waals surface area contributed by atoms with Gasteiger partial charge >= 0.3 is 0 Å². The molecule has 0 saturated carbocycles. The molecule has 0 radical (unpaired) electrons. The molecule has 0 unspecified atom stereocenters. The number of rotatable bonds is 2. The second kappa shape index (κ2) is 5.81. The molecular weight excluding hydrogens is 264 g/mol. The summed E-state index contributed by atoms with van der Waals surface area (Å²) >= 11 is 4.92. The lowest BCUT2D eigenvalue weighted by atomic mass is 10.4. The summed E-state index contributed by atoms with van der Waals surface area (Å²) in [5, 5.41) is 4.52. The Morgan fingerprint density at radius 1 is 1.71 bits per heavy atom. The largest absolute Gasteiger partial charge is 0.344 e. The van der Waals surface area contributed by atoms with Crippen molar-refractivity contribution < 1.29 is 4.79 Å². The van der Waals surface area contributed by atoms with E-state index in [1.807, 2.05) is 11.4 Å². The Balaban J connectivity index is 2.42. The molecule has 0 aliphatic carbocycles. The van der Waals surface area contributed by atoms with E-state index in [9.17, 15) is 4.79 Å². The van der Waals surface area contributed by atoms with Gasteiger partial charge in [0.2, 0.25) is 5.91 Å². The van der Waals surface area contributed by atoms with Crippen LogP contribution in [0.25, 0.3) is 0 Å². The van der Waals surface area contributed by atoms with E-state index in [1.54, 1.807) is 11.3 Å². The zero-order chi connectivity index (χ0) is 10.4. The highest BCUT2D eigenvalue weighted by atomic mass is 79.9. The van der Waals surface area contributed by atoms with Gasteiger partial charge in [-0.15, -0.1) is 11.3 Å². The third-order valence-electron chi connectivity index (χ3n) is 1.38. The summed E-state index contributed by atoms with van der Waals surface area (Å²) in [6, 6.07) is 1.94. The predicted molar refractivity (Wildman–Crippen MR) is 61.0 cm³/mol. The first kappa shape index (κ1) is 11.2. The Morgan fingerprint density at radius 2 is 2.50 bits per heavy atom. The second-order valence-electron chi connectivity index (χ2n) is 2.38.